The molecule has 126 valence electrons. The Labute approximate surface area is 151 Å². The van der Waals surface area contributed by atoms with Crippen molar-refractivity contribution in [2.45, 2.75) is 25.4 Å². The average Bonchev–Trinajstić information content (AvgIpc) is 3.46. The molecule has 0 amide bonds. The van der Waals surface area contributed by atoms with Crippen molar-refractivity contribution < 1.29 is 0 Å². The van der Waals surface area contributed by atoms with Gasteiger partial charge in [0, 0.05) is 41.6 Å². The minimum Gasteiger partial charge on any atom is -0.366 e. The number of rotatable bonds is 6. The molecule has 2 aromatic heterocycles. The Hall–Kier alpha value is -2.66. The molecule has 0 radical (unpaired) electrons. The van der Waals surface area contributed by atoms with Gasteiger partial charge in [0.2, 0.25) is 5.95 Å². The van der Waals surface area contributed by atoms with Gasteiger partial charge in [-0.3, -0.25) is 4.98 Å². The van der Waals surface area contributed by atoms with Crippen molar-refractivity contribution in [2.75, 3.05) is 10.6 Å². The molecule has 4 rings (SSSR count). The summed E-state index contributed by atoms with van der Waals surface area (Å²) in [6.45, 7) is 0.673. The van der Waals surface area contributed by atoms with E-state index in [1.807, 2.05) is 42.5 Å². The molecule has 1 saturated carbocycles. The molecule has 2 heterocycles. The topological polar surface area (TPSA) is 62.7 Å². The largest absolute Gasteiger partial charge is 0.366 e. The minimum atomic E-state index is 0.497. The molecule has 0 saturated heterocycles. The molecule has 1 aromatic carbocycles. The van der Waals surface area contributed by atoms with Crippen molar-refractivity contribution in [1.82, 2.24) is 15.0 Å². The Morgan fingerprint density at radius 2 is 1.76 bits per heavy atom. The first-order valence-electron chi connectivity index (χ1n) is 8.30. The third-order valence-corrected chi connectivity index (χ3v) is 4.25. The number of halogens is 1. The van der Waals surface area contributed by atoms with Crippen LogP contribution in [0.2, 0.25) is 5.02 Å². The van der Waals surface area contributed by atoms with Crippen LogP contribution in [0.4, 0.5) is 11.8 Å². The fourth-order valence-electron chi connectivity index (χ4n) is 2.48. The van der Waals surface area contributed by atoms with E-state index in [2.05, 4.69) is 25.6 Å². The van der Waals surface area contributed by atoms with E-state index in [9.17, 15) is 0 Å². The molecule has 0 aliphatic heterocycles. The van der Waals surface area contributed by atoms with Crippen molar-refractivity contribution >= 4 is 23.4 Å². The third-order valence-electron chi connectivity index (χ3n) is 4.00. The highest BCUT2D eigenvalue weighted by Crippen LogP contribution is 2.26. The zero-order chi connectivity index (χ0) is 17.1. The van der Waals surface area contributed by atoms with E-state index >= 15 is 0 Å². The summed E-state index contributed by atoms with van der Waals surface area (Å²) in [7, 11) is 0. The Morgan fingerprint density at radius 1 is 1.00 bits per heavy atom. The Morgan fingerprint density at radius 3 is 2.48 bits per heavy atom. The van der Waals surface area contributed by atoms with Gasteiger partial charge < -0.3 is 10.6 Å². The highest BCUT2D eigenvalue weighted by atomic mass is 35.5. The molecule has 1 aliphatic carbocycles. The second kappa shape index (κ2) is 7.07. The van der Waals surface area contributed by atoms with E-state index in [1.165, 1.54) is 12.8 Å². The molecular weight excluding hydrogens is 334 g/mol. The predicted molar refractivity (Wildman–Crippen MR) is 101 cm³/mol. The number of pyridine rings is 1. The number of hydrogen-bond acceptors (Lipinski definition) is 5. The Balaban J connectivity index is 1.57. The Kier molecular flexibility index (Phi) is 4.48. The molecule has 0 bridgehead atoms. The summed E-state index contributed by atoms with van der Waals surface area (Å²) in [5, 5.41) is 7.49. The average molecular weight is 352 g/mol. The van der Waals surface area contributed by atoms with Crippen molar-refractivity contribution in [3.05, 3.63) is 65.4 Å². The van der Waals surface area contributed by atoms with Gasteiger partial charge in [-0.1, -0.05) is 23.7 Å². The zero-order valence-corrected chi connectivity index (χ0v) is 14.4. The molecule has 5 nitrogen and oxygen atoms in total. The van der Waals surface area contributed by atoms with Crippen LogP contribution in [0.15, 0.2) is 54.9 Å². The second-order valence-electron chi connectivity index (χ2n) is 6.10. The van der Waals surface area contributed by atoms with Gasteiger partial charge in [0.05, 0.1) is 5.69 Å². The molecule has 0 unspecified atom stereocenters. The van der Waals surface area contributed by atoms with Crippen LogP contribution >= 0.6 is 11.6 Å². The molecule has 3 aromatic rings. The minimum absolute atomic E-state index is 0.497. The van der Waals surface area contributed by atoms with E-state index in [0.717, 1.165) is 27.7 Å². The number of aromatic nitrogens is 3. The van der Waals surface area contributed by atoms with Crippen LogP contribution < -0.4 is 10.6 Å². The number of benzene rings is 1. The first kappa shape index (κ1) is 15.8. The second-order valence-corrected chi connectivity index (χ2v) is 6.53. The first-order chi connectivity index (χ1) is 12.3. The summed E-state index contributed by atoms with van der Waals surface area (Å²) in [5.74, 6) is 1.45. The van der Waals surface area contributed by atoms with E-state index in [4.69, 9.17) is 11.6 Å². The molecule has 6 heteroatoms. The third kappa shape index (κ3) is 4.25. The number of nitrogens with zero attached hydrogens (tertiary/aromatic N) is 3. The molecule has 1 aliphatic rings. The van der Waals surface area contributed by atoms with Crippen LogP contribution in [0, 0.1) is 0 Å². The lowest BCUT2D eigenvalue weighted by Crippen LogP contribution is -2.09. The smallest absolute Gasteiger partial charge is 0.225 e. The predicted octanol–water partition coefficient (Wildman–Crippen LogP) is 4.38. The monoisotopic (exact) mass is 351 g/mol. The van der Waals surface area contributed by atoms with Crippen molar-refractivity contribution in [1.29, 1.82) is 0 Å². The van der Waals surface area contributed by atoms with Crippen LogP contribution in [0.1, 0.15) is 18.4 Å². The van der Waals surface area contributed by atoms with Gasteiger partial charge in [0.1, 0.15) is 5.82 Å². The van der Waals surface area contributed by atoms with Crippen LogP contribution in [-0.2, 0) is 6.54 Å². The molecule has 0 atom stereocenters. The maximum Gasteiger partial charge on any atom is 0.225 e. The lowest BCUT2D eigenvalue weighted by molar-refractivity contribution is 1.04. The van der Waals surface area contributed by atoms with Gasteiger partial charge >= 0.3 is 0 Å². The van der Waals surface area contributed by atoms with Crippen molar-refractivity contribution in [3.8, 4) is 11.3 Å². The highest BCUT2D eigenvalue weighted by Gasteiger charge is 2.22. The maximum absolute atomic E-state index is 5.94. The zero-order valence-electron chi connectivity index (χ0n) is 13.6. The highest BCUT2D eigenvalue weighted by molar-refractivity contribution is 6.30. The molecule has 1 fully saturated rings. The fraction of sp³-hybridized carbons (Fsp3) is 0.211. The Bertz CT molecular complexity index is 847. The van der Waals surface area contributed by atoms with Crippen LogP contribution in [0.3, 0.4) is 0 Å². The van der Waals surface area contributed by atoms with Crippen LogP contribution in [0.5, 0.6) is 0 Å². The molecular formula is C19H18ClN5. The standard InChI is InChI=1S/C19H18ClN5/c20-15-3-1-13(2-4-15)12-22-18-11-17(14-7-9-21-10-8-14)24-19(25-18)23-16-5-6-16/h1-4,7-11,16H,5-6,12H2,(H2,22,23,24,25). The van der Waals surface area contributed by atoms with Gasteiger partial charge in [-0.15, -0.1) is 0 Å². The number of nitrogens with one attached hydrogen (secondary N) is 2. The van der Waals surface area contributed by atoms with E-state index in [1.54, 1.807) is 12.4 Å². The van der Waals surface area contributed by atoms with E-state index < -0.39 is 0 Å². The van der Waals surface area contributed by atoms with Gasteiger partial charge in [-0.05, 0) is 42.7 Å². The van der Waals surface area contributed by atoms with Gasteiger partial charge in [0.15, 0.2) is 0 Å². The van der Waals surface area contributed by atoms with Crippen LogP contribution in [-0.4, -0.2) is 21.0 Å². The summed E-state index contributed by atoms with van der Waals surface area (Å²) in [6.07, 6.45) is 5.89. The molecule has 0 spiro atoms. The van der Waals surface area contributed by atoms with Gasteiger partial charge in [-0.25, -0.2) is 4.98 Å². The maximum atomic E-state index is 5.94. The fourth-order valence-corrected chi connectivity index (χ4v) is 2.60. The van der Waals surface area contributed by atoms with E-state index in [-0.39, 0.29) is 0 Å². The summed E-state index contributed by atoms with van der Waals surface area (Å²) in [6, 6.07) is 14.1. The van der Waals surface area contributed by atoms with Gasteiger partial charge in [-0.2, -0.15) is 4.98 Å². The lowest BCUT2D eigenvalue weighted by Gasteiger charge is -2.11. The van der Waals surface area contributed by atoms with E-state index in [0.29, 0.717) is 18.5 Å². The molecule has 2 N–H and O–H groups in total. The normalized spacial score (nSPS) is 13.5. The number of anilines is 2. The lowest BCUT2D eigenvalue weighted by atomic mass is 10.2. The quantitative estimate of drug-likeness (QED) is 0.690. The summed E-state index contributed by atoms with van der Waals surface area (Å²) in [5.41, 5.74) is 3.04. The summed E-state index contributed by atoms with van der Waals surface area (Å²) in [4.78, 5) is 13.3. The van der Waals surface area contributed by atoms with Crippen LogP contribution in [0.25, 0.3) is 11.3 Å². The van der Waals surface area contributed by atoms with Gasteiger partial charge in [0.25, 0.3) is 0 Å². The first-order valence-corrected chi connectivity index (χ1v) is 8.68. The summed E-state index contributed by atoms with van der Waals surface area (Å²) >= 11 is 5.94. The SMILES string of the molecule is Clc1ccc(CNc2cc(-c3ccncc3)nc(NC3CC3)n2)cc1. The van der Waals surface area contributed by atoms with Crippen molar-refractivity contribution in [3.63, 3.8) is 0 Å². The number of hydrogen-bond donors (Lipinski definition) is 2. The summed E-state index contributed by atoms with van der Waals surface area (Å²) < 4.78 is 0. The molecule has 25 heavy (non-hydrogen) atoms. The van der Waals surface area contributed by atoms with Crippen molar-refractivity contribution in [2.24, 2.45) is 0 Å².